The molecule has 0 saturated heterocycles. The van der Waals surface area contributed by atoms with Gasteiger partial charge < -0.3 is 9.47 Å². The lowest BCUT2D eigenvalue weighted by atomic mass is 9.71. The highest BCUT2D eigenvalue weighted by molar-refractivity contribution is 9.10. The number of benzene rings is 1. The Morgan fingerprint density at radius 3 is 2.33 bits per heavy atom. The van der Waals surface area contributed by atoms with Crippen molar-refractivity contribution < 1.29 is 14.3 Å². The SMILES string of the molecule is CC1(C(=O)c2cc3c(cc2Br)OCCCO3)CCCCC1. The zero-order chi connectivity index (χ0) is 14.9. The Balaban J connectivity index is 1.94. The fourth-order valence-electron chi connectivity index (χ4n) is 3.24. The third-order valence-electron chi connectivity index (χ3n) is 4.59. The number of fused-ring (bicyclic) bond motifs is 1. The van der Waals surface area contributed by atoms with Crippen LogP contribution in [0.5, 0.6) is 11.5 Å². The Bertz CT molecular complexity index is 547. The standard InChI is InChI=1S/C17H21BrO3/c1-17(6-3-2-4-7-17)16(19)12-10-14-15(11-13(12)18)21-9-5-8-20-14/h10-11H,2-9H2,1H3. The smallest absolute Gasteiger partial charge is 0.169 e. The van der Waals surface area contributed by atoms with Crippen molar-refractivity contribution in [2.75, 3.05) is 13.2 Å². The van der Waals surface area contributed by atoms with Gasteiger partial charge in [-0.3, -0.25) is 4.79 Å². The average Bonchev–Trinajstić information content (AvgIpc) is 2.71. The number of carbonyl (C=O) groups is 1. The Labute approximate surface area is 134 Å². The summed E-state index contributed by atoms with van der Waals surface area (Å²) in [5.74, 6) is 1.65. The molecule has 114 valence electrons. The molecule has 1 aromatic rings. The quantitative estimate of drug-likeness (QED) is 0.719. The van der Waals surface area contributed by atoms with Crippen LogP contribution >= 0.6 is 15.9 Å². The van der Waals surface area contributed by atoms with Crippen LogP contribution in [0.15, 0.2) is 16.6 Å². The molecule has 1 heterocycles. The Hall–Kier alpha value is -1.03. The predicted molar refractivity (Wildman–Crippen MR) is 85.3 cm³/mol. The highest BCUT2D eigenvalue weighted by Crippen LogP contribution is 2.42. The van der Waals surface area contributed by atoms with Gasteiger partial charge in [0.1, 0.15) is 0 Å². The first kappa shape index (κ1) is 14.9. The normalized spacial score (nSPS) is 20.7. The van der Waals surface area contributed by atoms with Crippen LogP contribution in [0, 0.1) is 5.41 Å². The molecule has 3 rings (SSSR count). The van der Waals surface area contributed by atoms with Crippen LogP contribution in [0.25, 0.3) is 0 Å². The molecule has 1 aromatic carbocycles. The topological polar surface area (TPSA) is 35.5 Å². The zero-order valence-electron chi connectivity index (χ0n) is 12.4. The Kier molecular flexibility index (Phi) is 4.25. The summed E-state index contributed by atoms with van der Waals surface area (Å²) in [5, 5.41) is 0. The van der Waals surface area contributed by atoms with E-state index in [4.69, 9.17) is 9.47 Å². The van der Waals surface area contributed by atoms with Gasteiger partial charge >= 0.3 is 0 Å². The summed E-state index contributed by atoms with van der Waals surface area (Å²) < 4.78 is 12.2. The van der Waals surface area contributed by atoms with E-state index in [2.05, 4.69) is 22.9 Å². The molecule has 0 spiro atoms. The van der Waals surface area contributed by atoms with Gasteiger partial charge in [-0.1, -0.05) is 26.2 Å². The van der Waals surface area contributed by atoms with Crippen molar-refractivity contribution in [2.24, 2.45) is 5.41 Å². The van der Waals surface area contributed by atoms with E-state index in [1.807, 2.05) is 12.1 Å². The lowest BCUT2D eigenvalue weighted by Crippen LogP contribution is -2.30. The van der Waals surface area contributed by atoms with Crippen molar-refractivity contribution in [2.45, 2.75) is 45.4 Å². The van der Waals surface area contributed by atoms with E-state index in [1.165, 1.54) is 6.42 Å². The number of Topliss-reactive ketones (excluding diaryl/α,β-unsaturated/α-hetero) is 1. The minimum Gasteiger partial charge on any atom is -0.490 e. The van der Waals surface area contributed by atoms with Gasteiger partial charge in [0.2, 0.25) is 0 Å². The second kappa shape index (κ2) is 5.99. The summed E-state index contributed by atoms with van der Waals surface area (Å²) in [7, 11) is 0. The highest BCUT2D eigenvalue weighted by atomic mass is 79.9. The van der Waals surface area contributed by atoms with E-state index < -0.39 is 0 Å². The van der Waals surface area contributed by atoms with Crippen molar-refractivity contribution in [3.63, 3.8) is 0 Å². The van der Waals surface area contributed by atoms with E-state index in [1.54, 1.807) is 0 Å². The third-order valence-corrected chi connectivity index (χ3v) is 5.24. The molecule has 0 N–H and O–H groups in total. The van der Waals surface area contributed by atoms with Crippen LogP contribution in [-0.2, 0) is 0 Å². The molecule has 1 aliphatic heterocycles. The summed E-state index contributed by atoms with van der Waals surface area (Å²) in [6, 6.07) is 3.73. The molecule has 0 bridgehead atoms. The largest absolute Gasteiger partial charge is 0.490 e. The molecule has 3 nitrogen and oxygen atoms in total. The summed E-state index contributed by atoms with van der Waals surface area (Å²) >= 11 is 3.54. The van der Waals surface area contributed by atoms with E-state index in [-0.39, 0.29) is 11.2 Å². The Morgan fingerprint density at radius 2 is 1.67 bits per heavy atom. The minimum absolute atomic E-state index is 0.227. The van der Waals surface area contributed by atoms with Gasteiger partial charge in [0.05, 0.1) is 13.2 Å². The molecule has 4 heteroatoms. The van der Waals surface area contributed by atoms with Crippen LogP contribution in [0.2, 0.25) is 0 Å². The number of hydrogen-bond acceptors (Lipinski definition) is 3. The predicted octanol–water partition coefficient (Wildman–Crippen LogP) is 4.76. The second-order valence-corrected chi connectivity index (χ2v) is 7.13. The molecule has 2 aliphatic rings. The molecule has 0 unspecified atom stereocenters. The summed E-state index contributed by atoms with van der Waals surface area (Å²) in [6.07, 6.45) is 6.35. The van der Waals surface area contributed by atoms with Crippen molar-refractivity contribution in [1.82, 2.24) is 0 Å². The third kappa shape index (κ3) is 2.96. The number of rotatable bonds is 2. The fourth-order valence-corrected chi connectivity index (χ4v) is 3.74. The molecule has 1 fully saturated rings. The number of carbonyl (C=O) groups excluding carboxylic acids is 1. The number of ketones is 1. The maximum atomic E-state index is 13.0. The van der Waals surface area contributed by atoms with Crippen LogP contribution in [0.3, 0.4) is 0 Å². The first-order chi connectivity index (χ1) is 10.1. The molecule has 0 radical (unpaired) electrons. The summed E-state index contributed by atoms with van der Waals surface area (Å²) in [6.45, 7) is 3.40. The maximum absolute atomic E-state index is 13.0. The van der Waals surface area contributed by atoms with E-state index in [0.717, 1.165) is 47.9 Å². The monoisotopic (exact) mass is 352 g/mol. The summed E-state index contributed by atoms with van der Waals surface area (Å²) in [4.78, 5) is 13.0. The number of ether oxygens (including phenoxy) is 2. The highest BCUT2D eigenvalue weighted by Gasteiger charge is 2.36. The molecule has 21 heavy (non-hydrogen) atoms. The van der Waals surface area contributed by atoms with Gasteiger partial charge in [-0.25, -0.2) is 0 Å². The summed E-state index contributed by atoms with van der Waals surface area (Å²) in [5.41, 5.74) is 0.490. The van der Waals surface area contributed by atoms with Crippen LogP contribution in [0.4, 0.5) is 0 Å². The van der Waals surface area contributed by atoms with Crippen molar-refractivity contribution in [1.29, 1.82) is 0 Å². The van der Waals surface area contributed by atoms with Gasteiger partial charge in [-0.2, -0.15) is 0 Å². The lowest BCUT2D eigenvalue weighted by molar-refractivity contribution is 0.0748. The Morgan fingerprint density at radius 1 is 1.05 bits per heavy atom. The average molecular weight is 353 g/mol. The molecule has 0 aromatic heterocycles. The second-order valence-electron chi connectivity index (χ2n) is 6.28. The van der Waals surface area contributed by atoms with E-state index in [0.29, 0.717) is 19.0 Å². The fraction of sp³-hybridized carbons (Fsp3) is 0.588. The van der Waals surface area contributed by atoms with Gasteiger partial charge in [-0.15, -0.1) is 0 Å². The van der Waals surface area contributed by atoms with Gasteiger partial charge in [0.15, 0.2) is 17.3 Å². The number of halogens is 1. The van der Waals surface area contributed by atoms with Gasteiger partial charge in [0.25, 0.3) is 0 Å². The minimum atomic E-state index is -0.236. The first-order valence-electron chi connectivity index (χ1n) is 7.74. The van der Waals surface area contributed by atoms with Crippen molar-refractivity contribution in [3.05, 3.63) is 22.2 Å². The van der Waals surface area contributed by atoms with Crippen LogP contribution in [0.1, 0.15) is 55.8 Å². The molecule has 1 aliphatic carbocycles. The van der Waals surface area contributed by atoms with Gasteiger partial charge in [0, 0.05) is 21.9 Å². The maximum Gasteiger partial charge on any atom is 0.169 e. The van der Waals surface area contributed by atoms with Crippen LogP contribution in [-0.4, -0.2) is 19.0 Å². The molecule has 0 amide bonds. The van der Waals surface area contributed by atoms with Crippen molar-refractivity contribution in [3.8, 4) is 11.5 Å². The molecule has 1 saturated carbocycles. The molecular weight excluding hydrogens is 332 g/mol. The van der Waals surface area contributed by atoms with E-state index >= 15 is 0 Å². The first-order valence-corrected chi connectivity index (χ1v) is 8.53. The van der Waals surface area contributed by atoms with Crippen molar-refractivity contribution >= 4 is 21.7 Å². The van der Waals surface area contributed by atoms with Crippen LogP contribution < -0.4 is 9.47 Å². The van der Waals surface area contributed by atoms with Gasteiger partial charge in [-0.05, 0) is 40.9 Å². The lowest BCUT2D eigenvalue weighted by Gasteiger charge is -2.32. The molecule has 0 atom stereocenters. The zero-order valence-corrected chi connectivity index (χ0v) is 14.0. The number of hydrogen-bond donors (Lipinski definition) is 0. The van der Waals surface area contributed by atoms with E-state index in [9.17, 15) is 4.79 Å². The molecular formula is C17H21BrO3.